The van der Waals surface area contributed by atoms with Crippen molar-refractivity contribution in [2.24, 2.45) is 5.92 Å². The molecule has 0 atom stereocenters. The van der Waals surface area contributed by atoms with E-state index in [0.717, 1.165) is 29.3 Å². The molecule has 3 rings (SSSR count). The maximum absolute atomic E-state index is 10.0. The van der Waals surface area contributed by atoms with Crippen molar-refractivity contribution in [3.8, 4) is 5.88 Å². The molecule has 1 saturated carbocycles. The van der Waals surface area contributed by atoms with E-state index in [1.807, 2.05) is 24.3 Å². The van der Waals surface area contributed by atoms with E-state index in [1.165, 1.54) is 32.1 Å². The van der Waals surface area contributed by atoms with E-state index in [4.69, 9.17) is 10.5 Å². The van der Waals surface area contributed by atoms with E-state index in [9.17, 15) is 5.11 Å². The highest BCUT2D eigenvalue weighted by Crippen LogP contribution is 2.32. The molecule has 6 nitrogen and oxygen atoms in total. The molecule has 0 radical (unpaired) electrons. The lowest BCUT2D eigenvalue weighted by atomic mass is 9.89. The SMILES string of the molecule is N=C(NCC1CCCCC1)c1c(O)nsc1Nc1ccc(CO)cc1. The van der Waals surface area contributed by atoms with Crippen molar-refractivity contribution in [3.63, 3.8) is 0 Å². The first-order valence-electron chi connectivity index (χ1n) is 8.65. The quantitative estimate of drug-likeness (QED) is 0.400. The Kier molecular flexibility index (Phi) is 5.88. The van der Waals surface area contributed by atoms with Crippen LogP contribution in [0.1, 0.15) is 43.2 Å². The summed E-state index contributed by atoms with van der Waals surface area (Å²) < 4.78 is 3.98. The van der Waals surface area contributed by atoms with Gasteiger partial charge < -0.3 is 20.8 Å². The number of nitrogens with zero attached hydrogens (tertiary/aromatic N) is 1. The minimum absolute atomic E-state index is 0.00259. The molecule has 1 fully saturated rings. The largest absolute Gasteiger partial charge is 0.492 e. The van der Waals surface area contributed by atoms with Crippen LogP contribution in [-0.2, 0) is 6.61 Å². The van der Waals surface area contributed by atoms with Gasteiger partial charge in [0.05, 0.1) is 6.61 Å². The number of rotatable bonds is 6. The minimum atomic E-state index is -0.124. The van der Waals surface area contributed by atoms with Gasteiger partial charge in [0.2, 0.25) is 5.88 Å². The predicted molar refractivity (Wildman–Crippen MR) is 101 cm³/mol. The second-order valence-corrected chi connectivity index (χ2v) is 7.22. The van der Waals surface area contributed by atoms with Crippen molar-refractivity contribution in [2.45, 2.75) is 38.7 Å². The van der Waals surface area contributed by atoms with Crippen LogP contribution in [0.25, 0.3) is 0 Å². The molecular weight excluding hydrogens is 336 g/mol. The third-order valence-electron chi connectivity index (χ3n) is 4.61. The molecule has 1 aliphatic rings. The van der Waals surface area contributed by atoms with Crippen LogP contribution in [0.4, 0.5) is 10.7 Å². The number of benzene rings is 1. The molecule has 0 amide bonds. The van der Waals surface area contributed by atoms with Crippen LogP contribution in [0, 0.1) is 11.3 Å². The zero-order valence-corrected chi connectivity index (χ0v) is 14.9. The summed E-state index contributed by atoms with van der Waals surface area (Å²) in [5, 5.41) is 34.4. The fraction of sp³-hybridized carbons (Fsp3) is 0.444. The number of amidine groups is 1. The highest BCUT2D eigenvalue weighted by atomic mass is 32.1. The van der Waals surface area contributed by atoms with E-state index in [-0.39, 0.29) is 18.3 Å². The number of hydrogen-bond donors (Lipinski definition) is 5. The molecule has 1 aromatic carbocycles. The third-order valence-corrected chi connectivity index (χ3v) is 5.36. The summed E-state index contributed by atoms with van der Waals surface area (Å²) in [4.78, 5) is 0. The number of anilines is 2. The summed E-state index contributed by atoms with van der Waals surface area (Å²) >= 11 is 1.13. The van der Waals surface area contributed by atoms with Crippen molar-refractivity contribution >= 4 is 28.1 Å². The first-order valence-corrected chi connectivity index (χ1v) is 9.43. The maximum atomic E-state index is 10.0. The molecule has 1 heterocycles. The molecule has 0 saturated heterocycles. The number of hydrogen-bond acceptors (Lipinski definition) is 6. The van der Waals surface area contributed by atoms with Gasteiger partial charge in [-0.3, -0.25) is 5.41 Å². The molecule has 0 aliphatic heterocycles. The molecule has 1 aromatic heterocycles. The molecule has 25 heavy (non-hydrogen) atoms. The fourth-order valence-corrected chi connectivity index (χ4v) is 3.86. The van der Waals surface area contributed by atoms with E-state index < -0.39 is 0 Å². The summed E-state index contributed by atoms with van der Waals surface area (Å²) in [6.07, 6.45) is 6.25. The molecule has 1 aliphatic carbocycles. The zero-order chi connectivity index (χ0) is 17.6. The minimum Gasteiger partial charge on any atom is -0.492 e. The van der Waals surface area contributed by atoms with Crippen molar-refractivity contribution in [3.05, 3.63) is 35.4 Å². The second-order valence-electron chi connectivity index (χ2n) is 6.45. The number of nitrogens with one attached hydrogen (secondary N) is 3. The van der Waals surface area contributed by atoms with Crippen molar-refractivity contribution < 1.29 is 10.2 Å². The molecular formula is C18H24N4O2S. The zero-order valence-electron chi connectivity index (χ0n) is 14.1. The first kappa shape index (κ1) is 17.7. The summed E-state index contributed by atoms with van der Waals surface area (Å²) in [6.45, 7) is 0.765. The van der Waals surface area contributed by atoms with E-state index in [0.29, 0.717) is 16.5 Å². The van der Waals surface area contributed by atoms with Gasteiger partial charge in [-0.05, 0) is 48.0 Å². The van der Waals surface area contributed by atoms with Gasteiger partial charge >= 0.3 is 0 Å². The Bertz CT molecular complexity index is 708. The van der Waals surface area contributed by atoms with Gasteiger partial charge in [0, 0.05) is 12.2 Å². The highest BCUT2D eigenvalue weighted by molar-refractivity contribution is 7.11. The van der Waals surface area contributed by atoms with E-state index >= 15 is 0 Å². The van der Waals surface area contributed by atoms with Crippen molar-refractivity contribution in [2.75, 3.05) is 11.9 Å². The van der Waals surface area contributed by atoms with E-state index in [1.54, 1.807) is 0 Å². The van der Waals surface area contributed by atoms with Crippen LogP contribution < -0.4 is 10.6 Å². The molecule has 134 valence electrons. The van der Waals surface area contributed by atoms with Crippen LogP contribution in [0.3, 0.4) is 0 Å². The number of aromatic hydroxyl groups is 1. The average Bonchev–Trinajstić information content (AvgIpc) is 3.01. The second kappa shape index (κ2) is 8.31. The molecule has 5 N–H and O–H groups in total. The van der Waals surface area contributed by atoms with Crippen LogP contribution >= 0.6 is 11.5 Å². The van der Waals surface area contributed by atoms with Crippen LogP contribution in [0.5, 0.6) is 5.88 Å². The Hall–Kier alpha value is -2.12. The lowest BCUT2D eigenvalue weighted by Crippen LogP contribution is -2.30. The average molecular weight is 360 g/mol. The first-order chi connectivity index (χ1) is 12.2. The van der Waals surface area contributed by atoms with Gasteiger partial charge in [-0.25, -0.2) is 0 Å². The number of aliphatic hydroxyl groups excluding tert-OH is 1. The Morgan fingerprint density at radius 2 is 1.92 bits per heavy atom. The summed E-state index contributed by atoms with van der Waals surface area (Å²) in [5.41, 5.74) is 2.06. The molecule has 0 unspecified atom stereocenters. The third kappa shape index (κ3) is 4.49. The Morgan fingerprint density at radius 3 is 2.60 bits per heavy atom. The lowest BCUT2D eigenvalue weighted by Gasteiger charge is -2.22. The molecule has 7 heteroatoms. The highest BCUT2D eigenvalue weighted by Gasteiger charge is 2.20. The predicted octanol–water partition coefficient (Wildman–Crippen LogP) is 3.58. The van der Waals surface area contributed by atoms with Gasteiger partial charge in [-0.15, -0.1) is 0 Å². The summed E-state index contributed by atoms with van der Waals surface area (Å²) in [5.74, 6) is 0.678. The van der Waals surface area contributed by atoms with Crippen molar-refractivity contribution in [1.82, 2.24) is 9.69 Å². The Balaban J connectivity index is 1.66. The van der Waals surface area contributed by atoms with Crippen molar-refractivity contribution in [1.29, 1.82) is 5.41 Å². The monoisotopic (exact) mass is 360 g/mol. The molecule has 0 spiro atoms. The fourth-order valence-electron chi connectivity index (χ4n) is 3.14. The van der Waals surface area contributed by atoms with Crippen LogP contribution in [-0.4, -0.2) is 27.0 Å². The van der Waals surface area contributed by atoms with E-state index in [2.05, 4.69) is 15.0 Å². The topological polar surface area (TPSA) is 101 Å². The van der Waals surface area contributed by atoms with Gasteiger partial charge in [-0.1, -0.05) is 31.4 Å². The molecule has 2 aromatic rings. The normalized spacial score (nSPS) is 15.1. The van der Waals surface area contributed by atoms with Gasteiger partial charge in [0.15, 0.2) is 0 Å². The summed E-state index contributed by atoms with van der Waals surface area (Å²) in [7, 11) is 0. The molecule has 0 bridgehead atoms. The van der Waals surface area contributed by atoms with Crippen LogP contribution in [0.15, 0.2) is 24.3 Å². The Morgan fingerprint density at radius 1 is 1.20 bits per heavy atom. The number of aliphatic hydroxyl groups is 1. The van der Waals surface area contributed by atoms with Gasteiger partial charge in [0.25, 0.3) is 0 Å². The summed E-state index contributed by atoms with van der Waals surface area (Å²) in [6, 6.07) is 7.36. The standard InChI is InChI=1S/C18H24N4O2S/c19-16(20-10-12-4-2-1-3-5-12)15-17(24)22-25-18(15)21-14-8-6-13(11-23)7-9-14/h6-9,12,21,23H,1-5,10-11H2,(H2,19,20)(H,22,24). The van der Waals surface area contributed by atoms with Gasteiger partial charge in [0.1, 0.15) is 16.4 Å². The number of aromatic nitrogens is 1. The lowest BCUT2D eigenvalue weighted by molar-refractivity contribution is 0.282. The smallest absolute Gasteiger partial charge is 0.236 e. The van der Waals surface area contributed by atoms with Gasteiger partial charge in [-0.2, -0.15) is 4.37 Å². The van der Waals surface area contributed by atoms with Crippen LogP contribution in [0.2, 0.25) is 0 Å². The maximum Gasteiger partial charge on any atom is 0.236 e. The Labute approximate surface area is 151 Å².